The Morgan fingerprint density at radius 1 is 1.16 bits per heavy atom. The minimum Gasteiger partial charge on any atom is -0.481 e. The maximum absolute atomic E-state index is 13.7. The number of carbonyl (C=O) groups is 5. The van der Waals surface area contributed by atoms with Gasteiger partial charge in [0.1, 0.15) is 11.9 Å². The first kappa shape index (κ1) is 26.6. The molecule has 32 heavy (non-hydrogen) atoms. The van der Waals surface area contributed by atoms with E-state index < -0.39 is 48.5 Å². The number of hydrogen-bond donors (Lipinski definition) is 4. The molecule has 2 atom stereocenters. The SMILES string of the molecule is O=CO[C@H](CCCCNC(=O)c1ccc(Cl)cc1F)OC(=O)N[C@@H](CCC(=O)O)C(=O)O. The second-order valence-electron chi connectivity index (χ2n) is 6.41. The summed E-state index contributed by atoms with van der Waals surface area (Å²) in [7, 11) is 0. The number of alkyl carbamates (subject to hydrolysis) is 1. The van der Waals surface area contributed by atoms with E-state index in [9.17, 15) is 28.4 Å². The monoisotopic (exact) mass is 476 g/mol. The average Bonchev–Trinajstić information content (AvgIpc) is 2.70. The van der Waals surface area contributed by atoms with Crippen molar-refractivity contribution in [2.45, 2.75) is 44.4 Å². The van der Waals surface area contributed by atoms with Gasteiger partial charge in [-0.2, -0.15) is 0 Å². The second-order valence-corrected chi connectivity index (χ2v) is 6.85. The number of benzene rings is 1. The Morgan fingerprint density at radius 2 is 1.88 bits per heavy atom. The lowest BCUT2D eigenvalue weighted by Gasteiger charge is -2.18. The number of unbranched alkanes of at least 4 members (excludes halogenated alkanes) is 1. The average molecular weight is 477 g/mol. The zero-order valence-electron chi connectivity index (χ0n) is 16.7. The van der Waals surface area contributed by atoms with E-state index in [1.807, 2.05) is 5.32 Å². The molecule has 13 heteroatoms. The molecule has 2 amide bonds. The van der Waals surface area contributed by atoms with Crippen LogP contribution in [0.1, 0.15) is 42.5 Å². The summed E-state index contributed by atoms with van der Waals surface area (Å²) < 4.78 is 23.2. The quantitative estimate of drug-likeness (QED) is 0.178. The Bertz CT molecular complexity index is 837. The predicted octanol–water partition coefficient (Wildman–Crippen LogP) is 1.92. The highest BCUT2D eigenvalue weighted by Gasteiger charge is 2.24. The van der Waals surface area contributed by atoms with Crippen LogP contribution in [-0.2, 0) is 23.9 Å². The number of aliphatic carboxylic acids is 2. The molecule has 0 aromatic heterocycles. The molecule has 1 aromatic carbocycles. The van der Waals surface area contributed by atoms with Crippen molar-refractivity contribution < 1.29 is 48.0 Å². The largest absolute Gasteiger partial charge is 0.481 e. The number of carboxylic acids is 2. The lowest BCUT2D eigenvalue weighted by Crippen LogP contribution is -2.42. The summed E-state index contributed by atoms with van der Waals surface area (Å²) in [6.07, 6.45) is -2.68. The molecule has 1 rings (SSSR count). The van der Waals surface area contributed by atoms with E-state index in [4.69, 9.17) is 26.6 Å². The van der Waals surface area contributed by atoms with Gasteiger partial charge in [0, 0.05) is 24.4 Å². The summed E-state index contributed by atoms with van der Waals surface area (Å²) in [4.78, 5) is 56.0. The van der Waals surface area contributed by atoms with E-state index in [2.05, 4.69) is 10.1 Å². The molecular weight excluding hydrogens is 455 g/mol. The van der Waals surface area contributed by atoms with Crippen molar-refractivity contribution in [1.82, 2.24) is 10.6 Å². The molecule has 0 saturated heterocycles. The van der Waals surface area contributed by atoms with Crippen LogP contribution in [0.2, 0.25) is 5.02 Å². The van der Waals surface area contributed by atoms with E-state index >= 15 is 0 Å². The third-order valence-corrected chi connectivity index (χ3v) is 4.25. The molecule has 0 unspecified atom stereocenters. The molecule has 0 spiro atoms. The molecule has 0 bridgehead atoms. The van der Waals surface area contributed by atoms with Gasteiger partial charge in [0.2, 0.25) is 6.29 Å². The number of carboxylic acid groups (broad SMARTS) is 2. The first-order valence-corrected chi connectivity index (χ1v) is 9.76. The van der Waals surface area contributed by atoms with Crippen molar-refractivity contribution in [2.24, 2.45) is 0 Å². The molecule has 176 valence electrons. The van der Waals surface area contributed by atoms with Gasteiger partial charge >= 0.3 is 18.0 Å². The van der Waals surface area contributed by atoms with Gasteiger partial charge in [-0.1, -0.05) is 11.6 Å². The Labute approximate surface area is 186 Å². The normalized spacial score (nSPS) is 12.2. The number of hydrogen-bond acceptors (Lipinski definition) is 7. The summed E-state index contributed by atoms with van der Waals surface area (Å²) in [5.74, 6) is -4.10. The van der Waals surface area contributed by atoms with Crippen LogP contribution in [0.5, 0.6) is 0 Å². The van der Waals surface area contributed by atoms with E-state index in [0.717, 1.165) is 6.07 Å². The highest BCUT2D eigenvalue weighted by molar-refractivity contribution is 6.30. The Balaban J connectivity index is 2.43. The Hall–Kier alpha value is -3.41. The van der Waals surface area contributed by atoms with Crippen molar-refractivity contribution in [3.63, 3.8) is 0 Å². The van der Waals surface area contributed by atoms with E-state index in [-0.39, 0.29) is 36.4 Å². The van der Waals surface area contributed by atoms with Crippen molar-refractivity contribution in [1.29, 1.82) is 0 Å². The van der Waals surface area contributed by atoms with Crippen molar-refractivity contribution in [3.05, 3.63) is 34.6 Å². The van der Waals surface area contributed by atoms with Gasteiger partial charge in [-0.3, -0.25) is 14.4 Å². The molecular formula is C19H22ClFN2O9. The van der Waals surface area contributed by atoms with Crippen LogP contribution in [0.3, 0.4) is 0 Å². The van der Waals surface area contributed by atoms with Crippen molar-refractivity contribution >= 4 is 42.0 Å². The molecule has 0 aliphatic rings. The van der Waals surface area contributed by atoms with Gasteiger partial charge in [-0.25, -0.2) is 14.0 Å². The van der Waals surface area contributed by atoms with Gasteiger partial charge < -0.3 is 30.3 Å². The topological polar surface area (TPSA) is 168 Å². The first-order chi connectivity index (χ1) is 15.1. The van der Waals surface area contributed by atoms with Crippen molar-refractivity contribution in [3.8, 4) is 0 Å². The summed E-state index contributed by atoms with van der Waals surface area (Å²) in [6.45, 7) is 0.194. The zero-order valence-corrected chi connectivity index (χ0v) is 17.5. The Morgan fingerprint density at radius 3 is 2.47 bits per heavy atom. The summed E-state index contributed by atoms with van der Waals surface area (Å²) in [5.41, 5.74) is -0.174. The number of halogens is 2. The van der Waals surface area contributed by atoms with Crippen LogP contribution in [0.15, 0.2) is 18.2 Å². The summed E-state index contributed by atoms with van der Waals surface area (Å²) in [5, 5.41) is 22.3. The van der Waals surface area contributed by atoms with E-state index in [1.165, 1.54) is 12.1 Å². The molecule has 0 radical (unpaired) electrons. The number of ether oxygens (including phenoxy) is 2. The van der Waals surface area contributed by atoms with Gasteiger partial charge in [0.05, 0.1) is 5.56 Å². The number of rotatable bonds is 14. The molecule has 0 fully saturated rings. The maximum Gasteiger partial charge on any atom is 0.410 e. The maximum atomic E-state index is 13.7. The highest BCUT2D eigenvalue weighted by Crippen LogP contribution is 2.14. The van der Waals surface area contributed by atoms with Crippen LogP contribution in [0.25, 0.3) is 0 Å². The lowest BCUT2D eigenvalue weighted by atomic mass is 10.1. The van der Waals surface area contributed by atoms with E-state index in [1.54, 1.807) is 0 Å². The molecule has 0 aliphatic heterocycles. The summed E-state index contributed by atoms with van der Waals surface area (Å²) >= 11 is 5.63. The highest BCUT2D eigenvalue weighted by atomic mass is 35.5. The van der Waals surface area contributed by atoms with Gasteiger partial charge in [-0.05, 0) is 37.5 Å². The molecule has 0 saturated carbocycles. The minimum atomic E-state index is -1.50. The van der Waals surface area contributed by atoms with Gasteiger partial charge in [0.25, 0.3) is 12.4 Å². The van der Waals surface area contributed by atoms with Crippen LogP contribution in [-0.4, -0.2) is 59.5 Å². The number of amides is 2. The number of nitrogens with one attached hydrogen (secondary N) is 2. The molecule has 0 heterocycles. The second kappa shape index (κ2) is 13.8. The third-order valence-electron chi connectivity index (χ3n) is 4.01. The predicted molar refractivity (Wildman–Crippen MR) is 106 cm³/mol. The smallest absolute Gasteiger partial charge is 0.410 e. The van der Waals surface area contributed by atoms with Crippen LogP contribution < -0.4 is 10.6 Å². The van der Waals surface area contributed by atoms with Gasteiger partial charge in [0.15, 0.2) is 0 Å². The third kappa shape index (κ3) is 10.1. The molecule has 4 N–H and O–H groups in total. The number of carbonyl (C=O) groups excluding carboxylic acids is 3. The van der Waals surface area contributed by atoms with Crippen LogP contribution in [0.4, 0.5) is 9.18 Å². The molecule has 11 nitrogen and oxygen atoms in total. The molecule has 0 aliphatic carbocycles. The Kier molecular flexibility index (Phi) is 11.5. The zero-order chi connectivity index (χ0) is 24.1. The minimum absolute atomic E-state index is 0.0319. The molecule has 1 aromatic rings. The van der Waals surface area contributed by atoms with E-state index in [0.29, 0.717) is 12.8 Å². The fraction of sp³-hybridized carbons (Fsp3) is 0.421. The fourth-order valence-corrected chi connectivity index (χ4v) is 2.60. The lowest BCUT2D eigenvalue weighted by molar-refractivity contribution is -0.154. The summed E-state index contributed by atoms with van der Waals surface area (Å²) in [6, 6.07) is 2.13. The van der Waals surface area contributed by atoms with Crippen molar-refractivity contribution in [2.75, 3.05) is 6.54 Å². The van der Waals surface area contributed by atoms with Crippen LogP contribution >= 0.6 is 11.6 Å². The van der Waals surface area contributed by atoms with Gasteiger partial charge in [-0.15, -0.1) is 0 Å². The fourth-order valence-electron chi connectivity index (χ4n) is 2.44. The standard InChI is InChI=1S/C19H22ClFN2O9/c20-11-4-5-12(13(21)9-11)17(27)22-8-2-1-3-16(31-10-24)32-19(30)23-14(18(28)29)6-7-15(25)26/h4-5,9-10,14,16H,1-3,6-8H2,(H,22,27)(H,23,30)(H,25,26)(H,28,29)/t14-,16-/m0/s1. The van der Waals surface area contributed by atoms with Crippen LogP contribution in [0, 0.1) is 5.82 Å². The first-order valence-electron chi connectivity index (χ1n) is 9.38.